The molecule has 7 heteroatoms. The number of hydrogen-bond donors (Lipinski definition) is 2. The van der Waals surface area contributed by atoms with Gasteiger partial charge in [-0.15, -0.1) is 0 Å². The zero-order valence-corrected chi connectivity index (χ0v) is 10.6. The fourth-order valence-corrected chi connectivity index (χ4v) is 1.67. The smallest absolute Gasteiger partial charge is 0.255 e. The van der Waals surface area contributed by atoms with E-state index in [1.165, 1.54) is 12.1 Å². The fraction of sp³-hybridized carbons (Fsp3) is 0.0714. The minimum atomic E-state index is -1.68. The maximum absolute atomic E-state index is 13.7. The molecule has 2 aromatic carbocycles. The number of anilines is 1. The highest BCUT2D eigenvalue weighted by molar-refractivity contribution is 6.04. The van der Waals surface area contributed by atoms with Gasteiger partial charge in [0.25, 0.3) is 5.91 Å². The van der Waals surface area contributed by atoms with Crippen LogP contribution in [0.3, 0.4) is 0 Å². The van der Waals surface area contributed by atoms with Crippen molar-refractivity contribution >= 4 is 11.6 Å². The molecule has 2 aromatic rings. The Morgan fingerprint density at radius 3 is 2.14 bits per heavy atom. The summed E-state index contributed by atoms with van der Waals surface area (Å²) in [5.74, 6) is -6.38. The predicted molar refractivity (Wildman–Crippen MR) is 68.6 cm³/mol. The van der Waals surface area contributed by atoms with E-state index in [4.69, 9.17) is 5.73 Å². The van der Waals surface area contributed by atoms with Gasteiger partial charge in [0.15, 0.2) is 17.5 Å². The highest BCUT2D eigenvalue weighted by atomic mass is 19.2. The topological polar surface area (TPSA) is 55.1 Å². The Labute approximate surface area is 117 Å². The van der Waals surface area contributed by atoms with Gasteiger partial charge in [0.1, 0.15) is 5.82 Å². The van der Waals surface area contributed by atoms with Crippen molar-refractivity contribution in [3.63, 3.8) is 0 Å². The molecule has 0 fully saturated rings. The molecule has 0 saturated carbocycles. The van der Waals surface area contributed by atoms with E-state index in [1.54, 1.807) is 0 Å². The molecule has 0 saturated heterocycles. The van der Waals surface area contributed by atoms with Gasteiger partial charge in [0.05, 0.1) is 5.69 Å². The molecule has 110 valence electrons. The average molecular weight is 298 g/mol. The Kier molecular flexibility index (Phi) is 4.23. The Morgan fingerprint density at radius 2 is 1.62 bits per heavy atom. The normalized spacial score (nSPS) is 10.5. The number of nitrogens with two attached hydrogens (primary N) is 1. The van der Waals surface area contributed by atoms with Crippen LogP contribution in [-0.4, -0.2) is 5.91 Å². The number of hydrogen-bond acceptors (Lipinski definition) is 2. The zero-order chi connectivity index (χ0) is 15.6. The molecule has 0 aliphatic rings. The van der Waals surface area contributed by atoms with Crippen LogP contribution in [0.5, 0.6) is 0 Å². The second-order valence-electron chi connectivity index (χ2n) is 4.23. The Bertz CT molecular complexity index is 680. The molecule has 0 bridgehead atoms. The van der Waals surface area contributed by atoms with Crippen LogP contribution in [-0.2, 0) is 6.54 Å². The predicted octanol–water partition coefficient (Wildman–Crippen LogP) is 2.95. The average Bonchev–Trinajstić information content (AvgIpc) is 2.46. The molecule has 0 aromatic heterocycles. The van der Waals surface area contributed by atoms with E-state index >= 15 is 0 Å². The van der Waals surface area contributed by atoms with Crippen LogP contribution in [0.2, 0.25) is 0 Å². The SMILES string of the molecule is NCc1ccc(NC(=O)c2cc(F)c(F)c(F)c2)c(F)c1. The third-order valence-electron chi connectivity index (χ3n) is 2.76. The van der Waals surface area contributed by atoms with E-state index in [-0.39, 0.29) is 12.2 Å². The molecule has 0 atom stereocenters. The van der Waals surface area contributed by atoms with Crippen molar-refractivity contribution in [3.8, 4) is 0 Å². The minimum absolute atomic E-state index is 0.125. The quantitative estimate of drug-likeness (QED) is 0.676. The lowest BCUT2D eigenvalue weighted by Crippen LogP contribution is -2.14. The van der Waals surface area contributed by atoms with Crippen molar-refractivity contribution in [3.05, 3.63) is 64.7 Å². The largest absolute Gasteiger partial charge is 0.326 e. The van der Waals surface area contributed by atoms with Crippen molar-refractivity contribution in [2.45, 2.75) is 6.54 Å². The van der Waals surface area contributed by atoms with E-state index in [0.29, 0.717) is 17.7 Å². The fourth-order valence-electron chi connectivity index (χ4n) is 1.67. The molecule has 2 rings (SSSR count). The van der Waals surface area contributed by atoms with Gasteiger partial charge in [-0.05, 0) is 29.8 Å². The van der Waals surface area contributed by atoms with Crippen molar-refractivity contribution < 1.29 is 22.4 Å². The minimum Gasteiger partial charge on any atom is -0.326 e. The van der Waals surface area contributed by atoms with Gasteiger partial charge in [0, 0.05) is 12.1 Å². The van der Waals surface area contributed by atoms with Gasteiger partial charge < -0.3 is 11.1 Å². The number of nitrogens with one attached hydrogen (secondary N) is 1. The van der Waals surface area contributed by atoms with Crippen LogP contribution in [0.25, 0.3) is 0 Å². The number of carbonyl (C=O) groups excluding carboxylic acids is 1. The lowest BCUT2D eigenvalue weighted by atomic mass is 10.1. The first-order chi connectivity index (χ1) is 9.92. The number of amides is 1. The number of benzene rings is 2. The standard InChI is InChI=1S/C14H10F4N2O/c15-9-3-7(6-19)1-2-12(9)20-14(21)8-4-10(16)13(18)11(17)5-8/h1-5H,6,19H2,(H,20,21). The Balaban J connectivity index is 2.26. The molecule has 0 unspecified atom stereocenters. The van der Waals surface area contributed by atoms with Crippen molar-refractivity contribution in [2.24, 2.45) is 5.73 Å². The molecule has 3 nitrogen and oxygen atoms in total. The molecule has 21 heavy (non-hydrogen) atoms. The number of halogens is 4. The summed E-state index contributed by atoms with van der Waals surface area (Å²) < 4.78 is 52.5. The summed E-state index contributed by atoms with van der Waals surface area (Å²) in [5, 5.41) is 2.14. The highest BCUT2D eigenvalue weighted by Crippen LogP contribution is 2.18. The molecule has 0 spiro atoms. The summed E-state index contributed by atoms with van der Waals surface area (Å²) >= 11 is 0. The van der Waals surface area contributed by atoms with Gasteiger partial charge in [-0.3, -0.25) is 4.79 Å². The summed E-state index contributed by atoms with van der Waals surface area (Å²) in [7, 11) is 0. The molecule has 1 amide bonds. The van der Waals surface area contributed by atoms with E-state index < -0.39 is 34.7 Å². The Morgan fingerprint density at radius 1 is 1.00 bits per heavy atom. The van der Waals surface area contributed by atoms with Crippen LogP contribution in [0.4, 0.5) is 23.2 Å². The third-order valence-corrected chi connectivity index (χ3v) is 2.76. The maximum atomic E-state index is 13.7. The van der Waals surface area contributed by atoms with E-state index in [2.05, 4.69) is 5.32 Å². The van der Waals surface area contributed by atoms with Gasteiger partial charge in [-0.1, -0.05) is 6.07 Å². The monoisotopic (exact) mass is 298 g/mol. The first-order valence-corrected chi connectivity index (χ1v) is 5.86. The first-order valence-electron chi connectivity index (χ1n) is 5.86. The van der Waals surface area contributed by atoms with Crippen LogP contribution < -0.4 is 11.1 Å². The lowest BCUT2D eigenvalue weighted by molar-refractivity contribution is 0.102. The van der Waals surface area contributed by atoms with Gasteiger partial charge in [-0.2, -0.15) is 0 Å². The molecule has 0 radical (unpaired) electrons. The molecule has 3 N–H and O–H groups in total. The number of carbonyl (C=O) groups is 1. The van der Waals surface area contributed by atoms with Crippen LogP contribution in [0, 0.1) is 23.3 Å². The second kappa shape index (κ2) is 5.92. The highest BCUT2D eigenvalue weighted by Gasteiger charge is 2.16. The molecule has 0 heterocycles. The summed E-state index contributed by atoms with van der Waals surface area (Å²) in [6.45, 7) is 0.125. The third kappa shape index (κ3) is 3.19. The lowest BCUT2D eigenvalue weighted by Gasteiger charge is -2.08. The van der Waals surface area contributed by atoms with Gasteiger partial charge in [-0.25, -0.2) is 17.6 Å². The zero-order valence-electron chi connectivity index (χ0n) is 10.6. The molecular weight excluding hydrogens is 288 g/mol. The van der Waals surface area contributed by atoms with E-state index in [1.807, 2.05) is 0 Å². The van der Waals surface area contributed by atoms with E-state index in [9.17, 15) is 22.4 Å². The Hall–Kier alpha value is -2.41. The van der Waals surface area contributed by atoms with Crippen LogP contribution >= 0.6 is 0 Å². The summed E-state index contributed by atoms with van der Waals surface area (Å²) in [5.41, 5.74) is 5.21. The van der Waals surface area contributed by atoms with E-state index in [0.717, 1.165) is 6.07 Å². The van der Waals surface area contributed by atoms with Crippen LogP contribution in [0.15, 0.2) is 30.3 Å². The van der Waals surface area contributed by atoms with Crippen LogP contribution in [0.1, 0.15) is 15.9 Å². The summed E-state index contributed by atoms with van der Waals surface area (Å²) in [4.78, 5) is 11.8. The van der Waals surface area contributed by atoms with Gasteiger partial charge >= 0.3 is 0 Å². The second-order valence-corrected chi connectivity index (χ2v) is 4.23. The number of rotatable bonds is 3. The van der Waals surface area contributed by atoms with Crippen molar-refractivity contribution in [1.29, 1.82) is 0 Å². The van der Waals surface area contributed by atoms with Crippen molar-refractivity contribution in [2.75, 3.05) is 5.32 Å². The van der Waals surface area contributed by atoms with Gasteiger partial charge in [0.2, 0.25) is 0 Å². The summed E-state index contributed by atoms with van der Waals surface area (Å²) in [6, 6.07) is 4.94. The molecular formula is C14H10F4N2O. The summed E-state index contributed by atoms with van der Waals surface area (Å²) in [6.07, 6.45) is 0. The molecule has 0 aliphatic heterocycles. The maximum Gasteiger partial charge on any atom is 0.255 e. The first kappa shape index (κ1) is 15.0. The van der Waals surface area contributed by atoms with Crippen molar-refractivity contribution in [1.82, 2.24) is 0 Å². The molecule has 0 aliphatic carbocycles.